The number of nitrogens with one attached hydrogen (secondary N) is 1. The van der Waals surface area contributed by atoms with Gasteiger partial charge in [-0.15, -0.1) is 0 Å². The molecule has 216 valence electrons. The lowest BCUT2D eigenvalue weighted by atomic mass is 9.98. The van der Waals surface area contributed by atoms with Gasteiger partial charge < -0.3 is 20.1 Å². The van der Waals surface area contributed by atoms with Gasteiger partial charge in [0.15, 0.2) is 0 Å². The fourth-order valence-electron chi connectivity index (χ4n) is 4.86. The third-order valence-corrected chi connectivity index (χ3v) is 6.94. The maximum atomic E-state index is 14.1. The van der Waals surface area contributed by atoms with E-state index in [0.29, 0.717) is 36.3 Å². The van der Waals surface area contributed by atoms with Crippen molar-refractivity contribution in [2.75, 3.05) is 6.61 Å². The molecule has 1 aliphatic carbocycles. The van der Waals surface area contributed by atoms with Crippen LogP contribution in [0.4, 0.5) is 0 Å². The molecule has 0 bridgehead atoms. The molecule has 0 radical (unpaired) electrons. The Morgan fingerprint density at radius 2 is 1.51 bits per heavy atom. The van der Waals surface area contributed by atoms with E-state index in [0.717, 1.165) is 30.4 Å². The summed E-state index contributed by atoms with van der Waals surface area (Å²) < 4.78 is 6.14. The van der Waals surface area contributed by atoms with Gasteiger partial charge in [0.1, 0.15) is 11.8 Å². The number of carboxylic acid groups (broad SMARTS) is 1. The van der Waals surface area contributed by atoms with E-state index in [1.165, 1.54) is 0 Å². The van der Waals surface area contributed by atoms with Crippen molar-refractivity contribution in [3.05, 3.63) is 90.0 Å². The number of benzene rings is 3. The molecule has 7 heteroatoms. The largest absolute Gasteiger partial charge is 0.493 e. The molecule has 2 amide bonds. The van der Waals surface area contributed by atoms with Crippen molar-refractivity contribution in [3.63, 3.8) is 0 Å². The minimum atomic E-state index is -0.869. The van der Waals surface area contributed by atoms with Crippen molar-refractivity contribution in [1.82, 2.24) is 10.2 Å². The van der Waals surface area contributed by atoms with Gasteiger partial charge in [-0.1, -0.05) is 60.7 Å². The monoisotopic (exact) mass is 556 g/mol. The number of rotatable bonds is 13. The maximum Gasteiger partial charge on any atom is 0.303 e. The van der Waals surface area contributed by atoms with Crippen molar-refractivity contribution >= 4 is 17.8 Å². The van der Waals surface area contributed by atoms with Gasteiger partial charge >= 0.3 is 5.97 Å². The first-order valence-corrected chi connectivity index (χ1v) is 14.4. The molecule has 41 heavy (non-hydrogen) atoms. The van der Waals surface area contributed by atoms with E-state index >= 15 is 0 Å². The number of ether oxygens (including phenoxy) is 1. The van der Waals surface area contributed by atoms with Crippen molar-refractivity contribution in [2.24, 2.45) is 0 Å². The van der Waals surface area contributed by atoms with E-state index in [1.54, 1.807) is 4.90 Å². The van der Waals surface area contributed by atoms with Gasteiger partial charge in [-0.3, -0.25) is 14.4 Å². The third kappa shape index (κ3) is 8.43. The number of aliphatic carboxylic acids is 1. The predicted octanol–water partition coefficient (Wildman–Crippen LogP) is 6.64. The Bertz CT molecular complexity index is 1330. The number of carboxylic acids is 1. The lowest BCUT2D eigenvalue weighted by Crippen LogP contribution is -2.50. The molecule has 1 atom stereocenters. The number of carbonyl (C=O) groups excluding carboxylic acids is 2. The Morgan fingerprint density at radius 1 is 0.878 bits per heavy atom. The van der Waals surface area contributed by atoms with Crippen molar-refractivity contribution in [1.29, 1.82) is 0 Å². The van der Waals surface area contributed by atoms with Gasteiger partial charge in [0.05, 0.1) is 6.61 Å². The average molecular weight is 557 g/mol. The van der Waals surface area contributed by atoms with E-state index in [-0.39, 0.29) is 24.3 Å². The summed E-state index contributed by atoms with van der Waals surface area (Å²) in [5.41, 5.74) is 2.76. The van der Waals surface area contributed by atoms with Crippen molar-refractivity contribution < 1.29 is 24.2 Å². The highest BCUT2D eigenvalue weighted by molar-refractivity contribution is 5.99. The fourth-order valence-corrected chi connectivity index (χ4v) is 4.86. The molecule has 1 saturated carbocycles. The van der Waals surface area contributed by atoms with Crippen LogP contribution < -0.4 is 10.1 Å². The molecule has 0 aliphatic heterocycles. The molecular formula is C34H40N2O5. The second-order valence-electron chi connectivity index (χ2n) is 11.6. The molecule has 3 aromatic carbocycles. The summed E-state index contributed by atoms with van der Waals surface area (Å²) in [5.74, 6) is -0.693. The Labute approximate surface area is 242 Å². The number of unbranched alkanes of at least 4 members (excludes halogenated alkanes) is 2. The van der Waals surface area contributed by atoms with E-state index < -0.39 is 17.6 Å². The molecule has 1 unspecified atom stereocenters. The number of hydrogen-bond acceptors (Lipinski definition) is 4. The van der Waals surface area contributed by atoms with E-state index in [1.807, 2.05) is 99.6 Å². The molecule has 0 heterocycles. The average Bonchev–Trinajstić information content (AvgIpc) is 3.78. The summed E-state index contributed by atoms with van der Waals surface area (Å²) in [6.07, 6.45) is 3.81. The van der Waals surface area contributed by atoms with E-state index in [9.17, 15) is 14.4 Å². The highest BCUT2D eigenvalue weighted by Gasteiger charge is 2.43. The van der Waals surface area contributed by atoms with Gasteiger partial charge in [0.25, 0.3) is 5.91 Å². The zero-order valence-electron chi connectivity index (χ0n) is 24.1. The summed E-state index contributed by atoms with van der Waals surface area (Å²) in [6, 6.07) is 24.0. The third-order valence-electron chi connectivity index (χ3n) is 6.94. The smallest absolute Gasteiger partial charge is 0.303 e. The summed E-state index contributed by atoms with van der Waals surface area (Å²) in [5, 5.41) is 12.0. The highest BCUT2D eigenvalue weighted by atomic mass is 16.5. The van der Waals surface area contributed by atoms with Crippen LogP contribution in [0.5, 0.6) is 5.75 Å². The first-order valence-electron chi connectivity index (χ1n) is 14.4. The predicted molar refractivity (Wildman–Crippen MR) is 160 cm³/mol. The number of hydrogen-bond donors (Lipinski definition) is 2. The lowest BCUT2D eigenvalue weighted by molar-refractivity contribution is -0.137. The van der Waals surface area contributed by atoms with Crippen molar-refractivity contribution in [3.8, 4) is 16.9 Å². The van der Waals surface area contributed by atoms with Crippen LogP contribution in [0.25, 0.3) is 11.1 Å². The Morgan fingerprint density at radius 3 is 2.15 bits per heavy atom. The summed E-state index contributed by atoms with van der Waals surface area (Å²) in [4.78, 5) is 40.6. The second-order valence-corrected chi connectivity index (χ2v) is 11.6. The minimum absolute atomic E-state index is 0.0453. The van der Waals surface area contributed by atoms with Crippen LogP contribution in [0.2, 0.25) is 0 Å². The zero-order valence-corrected chi connectivity index (χ0v) is 24.1. The molecule has 0 aromatic heterocycles. The zero-order chi connectivity index (χ0) is 29.4. The summed E-state index contributed by atoms with van der Waals surface area (Å²) in [6.45, 7) is 6.16. The van der Waals surface area contributed by atoms with Crippen LogP contribution in [0.3, 0.4) is 0 Å². The minimum Gasteiger partial charge on any atom is -0.493 e. The molecule has 1 fully saturated rings. The first kappa shape index (κ1) is 29.8. The molecule has 4 rings (SSSR count). The highest BCUT2D eigenvalue weighted by Crippen LogP contribution is 2.39. The van der Waals surface area contributed by atoms with Gasteiger partial charge in [-0.05, 0) is 82.2 Å². The summed E-state index contributed by atoms with van der Waals surface area (Å²) in [7, 11) is 0. The summed E-state index contributed by atoms with van der Waals surface area (Å²) >= 11 is 0. The van der Waals surface area contributed by atoms with Gasteiger partial charge in [-0.25, -0.2) is 0 Å². The molecular weight excluding hydrogens is 516 g/mol. The molecule has 1 aliphatic rings. The number of carbonyl (C=O) groups is 3. The quantitative estimate of drug-likeness (QED) is 0.230. The molecule has 7 nitrogen and oxygen atoms in total. The van der Waals surface area contributed by atoms with Crippen LogP contribution in [0.15, 0.2) is 78.9 Å². The van der Waals surface area contributed by atoms with Crippen LogP contribution in [0.1, 0.15) is 81.3 Å². The molecule has 0 spiro atoms. The first-order chi connectivity index (χ1) is 19.6. The van der Waals surface area contributed by atoms with Crippen LogP contribution >= 0.6 is 0 Å². The number of amides is 2. The Hall–Kier alpha value is -4.13. The molecule has 0 saturated heterocycles. The lowest BCUT2D eigenvalue weighted by Gasteiger charge is -2.34. The van der Waals surface area contributed by atoms with Gasteiger partial charge in [0.2, 0.25) is 5.91 Å². The molecule has 3 aromatic rings. The van der Waals surface area contributed by atoms with Crippen LogP contribution in [-0.2, 0) is 9.59 Å². The van der Waals surface area contributed by atoms with E-state index in [2.05, 4.69) is 5.32 Å². The Kier molecular flexibility index (Phi) is 9.82. The van der Waals surface area contributed by atoms with Crippen LogP contribution in [-0.4, -0.2) is 46.0 Å². The maximum absolute atomic E-state index is 14.1. The topological polar surface area (TPSA) is 95.9 Å². The Balaban J connectivity index is 1.62. The number of nitrogens with zero attached hydrogens (tertiary/aromatic N) is 1. The van der Waals surface area contributed by atoms with Crippen molar-refractivity contribution in [2.45, 2.75) is 76.9 Å². The second kappa shape index (κ2) is 13.5. The van der Waals surface area contributed by atoms with Gasteiger partial charge in [-0.2, -0.15) is 0 Å². The van der Waals surface area contributed by atoms with E-state index in [4.69, 9.17) is 9.84 Å². The van der Waals surface area contributed by atoms with Gasteiger partial charge in [0, 0.05) is 29.1 Å². The van der Waals surface area contributed by atoms with Crippen LogP contribution in [0, 0.1) is 0 Å². The standard InChI is InChI=1S/C34H40N2O5/c1-34(2,3)35-32(39)31(28-14-9-10-15-29(28)41-23-11-5-8-16-30(37)38)36(27-21-22-27)33(40)26-19-17-25(18-20-26)24-12-6-4-7-13-24/h4,6-7,9-10,12-15,17-20,27,31H,5,8,11,16,21-23H2,1-3H3,(H,35,39)(H,37,38). The molecule has 2 N–H and O–H groups in total. The normalized spacial score (nSPS) is 13.7. The SMILES string of the molecule is CC(C)(C)NC(=O)C(c1ccccc1OCCCCCC(=O)O)N(C(=O)c1ccc(-c2ccccc2)cc1)C1CC1. The fraction of sp³-hybridized carbons (Fsp3) is 0.382. The number of para-hydroxylation sites is 1.